The normalized spacial score (nSPS) is 13.6. The van der Waals surface area contributed by atoms with Crippen molar-refractivity contribution in [2.45, 2.75) is 0 Å². The van der Waals surface area contributed by atoms with Crippen LogP contribution in [0.25, 0.3) is 27.8 Å². The van der Waals surface area contributed by atoms with Gasteiger partial charge in [-0.05, 0) is 35.9 Å². The molecule has 190 valence electrons. The maximum atomic E-state index is 13.2. The Labute approximate surface area is 225 Å². The molecule has 0 N–H and O–H groups in total. The number of fused-ring (bicyclic) bond motifs is 1. The number of methoxy groups -OCH3 is 1. The second-order valence-electron chi connectivity index (χ2n) is 9.14. The van der Waals surface area contributed by atoms with E-state index in [1.807, 2.05) is 70.1 Å². The van der Waals surface area contributed by atoms with Crippen LogP contribution in [-0.2, 0) is 0 Å². The van der Waals surface area contributed by atoms with E-state index in [1.165, 1.54) is 0 Å². The molecule has 2 aromatic heterocycles. The van der Waals surface area contributed by atoms with Gasteiger partial charge in [0, 0.05) is 43.5 Å². The molecule has 1 aliphatic rings. The van der Waals surface area contributed by atoms with E-state index in [1.54, 1.807) is 19.5 Å². The Kier molecular flexibility index (Phi) is 6.43. The second kappa shape index (κ2) is 10.2. The van der Waals surface area contributed by atoms with Gasteiger partial charge in [0.2, 0.25) is 0 Å². The molecular formula is C30H26ClN5O2. The Balaban J connectivity index is 1.36. The van der Waals surface area contributed by atoms with E-state index in [4.69, 9.17) is 21.3 Å². The molecule has 38 heavy (non-hydrogen) atoms. The van der Waals surface area contributed by atoms with Crippen LogP contribution < -0.4 is 9.64 Å². The van der Waals surface area contributed by atoms with Crippen LogP contribution in [0, 0.1) is 0 Å². The first kappa shape index (κ1) is 24.0. The third kappa shape index (κ3) is 4.35. The van der Waals surface area contributed by atoms with E-state index < -0.39 is 0 Å². The minimum absolute atomic E-state index is 0.00577. The molecule has 7 nitrogen and oxygen atoms in total. The number of anilines is 1. The van der Waals surface area contributed by atoms with Gasteiger partial charge in [-0.1, -0.05) is 60.1 Å². The Morgan fingerprint density at radius 1 is 0.895 bits per heavy atom. The summed E-state index contributed by atoms with van der Waals surface area (Å²) in [6, 6.07) is 25.3. The summed E-state index contributed by atoms with van der Waals surface area (Å²) in [4.78, 5) is 26.7. The van der Waals surface area contributed by atoms with Crippen LogP contribution in [0.3, 0.4) is 0 Å². The van der Waals surface area contributed by atoms with Crippen molar-refractivity contribution in [3.63, 3.8) is 0 Å². The molecule has 5 aromatic rings. The van der Waals surface area contributed by atoms with E-state index in [0.29, 0.717) is 42.5 Å². The van der Waals surface area contributed by atoms with E-state index in [0.717, 1.165) is 33.7 Å². The topological polar surface area (TPSA) is 63.5 Å². The average Bonchev–Trinajstić information content (AvgIpc) is 3.37. The molecule has 0 bridgehead atoms. The van der Waals surface area contributed by atoms with Crippen LogP contribution in [0.15, 0.2) is 91.4 Å². The van der Waals surface area contributed by atoms with Gasteiger partial charge >= 0.3 is 0 Å². The molecule has 1 fully saturated rings. The Morgan fingerprint density at radius 2 is 1.66 bits per heavy atom. The minimum atomic E-state index is 0.00577. The molecule has 6 rings (SSSR count). The fourth-order valence-electron chi connectivity index (χ4n) is 5.01. The predicted octanol–water partition coefficient (Wildman–Crippen LogP) is 5.71. The van der Waals surface area contributed by atoms with Crippen LogP contribution in [0.2, 0.25) is 5.02 Å². The third-order valence-electron chi connectivity index (χ3n) is 6.94. The van der Waals surface area contributed by atoms with Crippen molar-refractivity contribution < 1.29 is 9.53 Å². The van der Waals surface area contributed by atoms with Gasteiger partial charge in [0.25, 0.3) is 5.91 Å². The summed E-state index contributed by atoms with van der Waals surface area (Å²) in [6.45, 7) is 2.50. The van der Waals surface area contributed by atoms with Crippen molar-refractivity contribution in [3.05, 3.63) is 102 Å². The molecule has 0 saturated carbocycles. The van der Waals surface area contributed by atoms with Gasteiger partial charge in [0.05, 0.1) is 23.2 Å². The lowest BCUT2D eigenvalue weighted by Gasteiger charge is -2.35. The number of carbonyl (C=O) groups excluding carboxylic acids is 1. The number of aromatic nitrogens is 3. The number of ether oxygens (including phenoxy) is 1. The van der Waals surface area contributed by atoms with Crippen LogP contribution >= 0.6 is 11.6 Å². The summed E-state index contributed by atoms with van der Waals surface area (Å²) in [5.74, 6) is 1.54. The van der Waals surface area contributed by atoms with Gasteiger partial charge in [-0.15, -0.1) is 0 Å². The maximum absolute atomic E-state index is 13.2. The number of rotatable bonds is 5. The van der Waals surface area contributed by atoms with Gasteiger partial charge in [-0.2, -0.15) is 0 Å². The monoisotopic (exact) mass is 523 g/mol. The number of hydrogen-bond acceptors (Lipinski definition) is 5. The summed E-state index contributed by atoms with van der Waals surface area (Å²) in [7, 11) is 1.60. The highest BCUT2D eigenvalue weighted by molar-refractivity contribution is 6.32. The van der Waals surface area contributed by atoms with Gasteiger partial charge in [-0.25, -0.2) is 9.97 Å². The van der Waals surface area contributed by atoms with Crippen LogP contribution in [0.1, 0.15) is 10.4 Å². The molecule has 8 heteroatoms. The fraction of sp³-hybridized carbons (Fsp3) is 0.167. The quantitative estimate of drug-likeness (QED) is 0.295. The van der Waals surface area contributed by atoms with Crippen molar-refractivity contribution in [1.29, 1.82) is 0 Å². The SMILES string of the molecule is COc1cccc(C(=O)N2CCN(c3ncnc4c3c(-c3ccccc3)cn4-c3ccccc3Cl)CC2)c1. The number of amides is 1. The summed E-state index contributed by atoms with van der Waals surface area (Å²) in [5, 5.41) is 1.61. The zero-order valence-corrected chi connectivity index (χ0v) is 21.7. The lowest BCUT2D eigenvalue weighted by molar-refractivity contribution is 0.0746. The standard InChI is InChI=1S/C30H26ClN5O2/c1-38-23-11-7-10-22(18-23)30(37)35-16-14-34(15-17-35)28-27-24(21-8-3-2-4-9-21)19-36(29(27)33-20-32-28)26-13-6-5-12-25(26)31/h2-13,18-20H,14-17H2,1H3. The summed E-state index contributed by atoms with van der Waals surface area (Å²) < 4.78 is 7.33. The minimum Gasteiger partial charge on any atom is -0.497 e. The van der Waals surface area contributed by atoms with Crippen molar-refractivity contribution in [2.24, 2.45) is 0 Å². The van der Waals surface area contributed by atoms with Gasteiger partial charge < -0.3 is 14.5 Å². The number of carbonyl (C=O) groups is 1. The lowest BCUT2D eigenvalue weighted by atomic mass is 10.1. The second-order valence-corrected chi connectivity index (χ2v) is 9.54. The Hall–Kier alpha value is -4.36. The van der Waals surface area contributed by atoms with Crippen molar-refractivity contribution >= 4 is 34.4 Å². The fourth-order valence-corrected chi connectivity index (χ4v) is 5.24. The molecule has 1 saturated heterocycles. The van der Waals surface area contributed by atoms with Crippen molar-refractivity contribution in [3.8, 4) is 22.6 Å². The molecular weight excluding hydrogens is 498 g/mol. The molecule has 3 aromatic carbocycles. The molecule has 0 aliphatic carbocycles. The van der Waals surface area contributed by atoms with Gasteiger partial charge in [-0.3, -0.25) is 9.36 Å². The zero-order valence-electron chi connectivity index (χ0n) is 20.9. The predicted molar refractivity (Wildman–Crippen MR) is 150 cm³/mol. The highest BCUT2D eigenvalue weighted by Crippen LogP contribution is 2.38. The largest absolute Gasteiger partial charge is 0.497 e. The summed E-state index contributed by atoms with van der Waals surface area (Å²) in [5.41, 5.74) is 4.39. The molecule has 3 heterocycles. The highest BCUT2D eigenvalue weighted by Gasteiger charge is 2.27. The Bertz CT molecular complexity index is 1610. The van der Waals surface area contributed by atoms with Crippen molar-refractivity contribution in [2.75, 3.05) is 38.2 Å². The van der Waals surface area contributed by atoms with E-state index in [-0.39, 0.29) is 5.91 Å². The average molecular weight is 524 g/mol. The summed E-state index contributed by atoms with van der Waals surface area (Å²) >= 11 is 6.60. The van der Waals surface area contributed by atoms with Crippen molar-refractivity contribution in [1.82, 2.24) is 19.4 Å². The molecule has 0 spiro atoms. The first-order valence-corrected chi connectivity index (χ1v) is 12.9. The summed E-state index contributed by atoms with van der Waals surface area (Å²) in [6.07, 6.45) is 3.69. The highest BCUT2D eigenvalue weighted by atomic mass is 35.5. The number of hydrogen-bond donors (Lipinski definition) is 0. The first-order chi connectivity index (χ1) is 18.6. The zero-order chi connectivity index (χ0) is 26.1. The van der Waals surface area contributed by atoms with Crippen LogP contribution in [-0.4, -0.2) is 58.6 Å². The van der Waals surface area contributed by atoms with E-state index in [9.17, 15) is 4.79 Å². The third-order valence-corrected chi connectivity index (χ3v) is 7.26. The van der Waals surface area contributed by atoms with Crippen LogP contribution in [0.5, 0.6) is 5.75 Å². The smallest absolute Gasteiger partial charge is 0.254 e. The molecule has 0 radical (unpaired) electrons. The molecule has 1 aliphatic heterocycles. The number of para-hydroxylation sites is 1. The number of nitrogens with zero attached hydrogens (tertiary/aromatic N) is 5. The van der Waals surface area contributed by atoms with Crippen LogP contribution in [0.4, 0.5) is 5.82 Å². The van der Waals surface area contributed by atoms with E-state index in [2.05, 4.69) is 28.2 Å². The molecule has 1 amide bonds. The molecule has 0 unspecified atom stereocenters. The Morgan fingerprint density at radius 3 is 2.42 bits per heavy atom. The molecule has 0 atom stereocenters. The van der Waals surface area contributed by atoms with Gasteiger partial charge in [0.15, 0.2) is 5.65 Å². The number of halogens is 1. The first-order valence-electron chi connectivity index (χ1n) is 12.5. The number of piperazine rings is 1. The lowest BCUT2D eigenvalue weighted by Crippen LogP contribution is -2.49. The number of benzene rings is 3. The van der Waals surface area contributed by atoms with E-state index >= 15 is 0 Å². The van der Waals surface area contributed by atoms with Gasteiger partial charge in [0.1, 0.15) is 17.9 Å². The maximum Gasteiger partial charge on any atom is 0.254 e.